The number of carboxylic acid groups (broad SMARTS) is 1. The van der Waals surface area contributed by atoms with Gasteiger partial charge in [0.05, 0.1) is 12.2 Å². The van der Waals surface area contributed by atoms with Gasteiger partial charge >= 0.3 is 6.09 Å². The van der Waals surface area contributed by atoms with Gasteiger partial charge in [0.2, 0.25) is 0 Å². The molecule has 1 heterocycles. The van der Waals surface area contributed by atoms with Crippen molar-refractivity contribution in [2.75, 3.05) is 19.9 Å². The highest BCUT2D eigenvalue weighted by Gasteiger charge is 2.47. The number of carbonyl (C=O) groups is 1. The predicted octanol–water partition coefficient (Wildman–Crippen LogP) is 4.12. The van der Waals surface area contributed by atoms with E-state index in [0.717, 1.165) is 5.56 Å². The number of aliphatic hydroxyl groups is 1. The zero-order chi connectivity index (χ0) is 20.8. The minimum atomic E-state index is -0.885. The third kappa shape index (κ3) is 6.19. The Kier molecular flexibility index (Phi) is 7.87. The van der Waals surface area contributed by atoms with Gasteiger partial charge in [-0.05, 0) is 36.2 Å². The number of aliphatic hydroxyl groups excluding tert-OH is 1. The van der Waals surface area contributed by atoms with Crippen LogP contribution in [0.4, 0.5) is 4.79 Å². The molecule has 1 amide bonds. The van der Waals surface area contributed by atoms with Gasteiger partial charge in [0.25, 0.3) is 0 Å². The van der Waals surface area contributed by atoms with Crippen molar-refractivity contribution in [2.45, 2.75) is 65.2 Å². The zero-order valence-electron chi connectivity index (χ0n) is 17.6. The number of benzene rings is 1. The molecule has 1 aliphatic rings. The standard InChI is InChI=1S/C22H35NO5/c1-17(14-24)12-22(28-16-27-15-18-8-6-5-7-9-18)10-11-23(20(25)26)19(13-22)21(2,3)4/h5-9,17,19,24H,10-16H2,1-4H3,(H,25,26). The highest BCUT2D eigenvalue weighted by atomic mass is 16.7. The minimum Gasteiger partial charge on any atom is -0.465 e. The Morgan fingerprint density at radius 3 is 2.57 bits per heavy atom. The van der Waals surface area contributed by atoms with Crippen molar-refractivity contribution >= 4 is 6.09 Å². The van der Waals surface area contributed by atoms with Crippen molar-refractivity contribution in [3.63, 3.8) is 0 Å². The molecule has 3 unspecified atom stereocenters. The van der Waals surface area contributed by atoms with Crippen LogP contribution in [0.3, 0.4) is 0 Å². The number of amides is 1. The van der Waals surface area contributed by atoms with Gasteiger partial charge in [0, 0.05) is 19.2 Å². The summed E-state index contributed by atoms with van der Waals surface area (Å²) in [6, 6.07) is 9.77. The molecule has 6 nitrogen and oxygen atoms in total. The van der Waals surface area contributed by atoms with Crippen LogP contribution < -0.4 is 0 Å². The maximum absolute atomic E-state index is 11.7. The van der Waals surface area contributed by atoms with E-state index in [-0.39, 0.29) is 30.8 Å². The molecule has 3 atom stereocenters. The number of hydrogen-bond donors (Lipinski definition) is 2. The molecule has 0 saturated carbocycles. The van der Waals surface area contributed by atoms with Crippen LogP contribution in [-0.2, 0) is 16.1 Å². The largest absolute Gasteiger partial charge is 0.465 e. The van der Waals surface area contributed by atoms with Crippen LogP contribution in [0.1, 0.15) is 52.5 Å². The van der Waals surface area contributed by atoms with E-state index in [1.54, 1.807) is 0 Å². The molecule has 0 radical (unpaired) electrons. The lowest BCUT2D eigenvalue weighted by atomic mass is 9.72. The Balaban J connectivity index is 2.08. The van der Waals surface area contributed by atoms with Gasteiger partial charge in [-0.15, -0.1) is 0 Å². The van der Waals surface area contributed by atoms with E-state index < -0.39 is 11.7 Å². The first-order valence-corrected chi connectivity index (χ1v) is 10.0. The van der Waals surface area contributed by atoms with E-state index in [1.165, 1.54) is 4.90 Å². The summed E-state index contributed by atoms with van der Waals surface area (Å²) in [5.74, 6) is 0.0751. The average molecular weight is 394 g/mol. The molecule has 2 rings (SSSR count). The van der Waals surface area contributed by atoms with Crippen molar-refractivity contribution < 1.29 is 24.5 Å². The quantitative estimate of drug-likeness (QED) is 0.513. The van der Waals surface area contributed by atoms with Gasteiger partial charge in [0.15, 0.2) is 0 Å². The number of nitrogens with zero attached hydrogens (tertiary/aromatic N) is 1. The molecule has 1 saturated heterocycles. The second kappa shape index (κ2) is 9.72. The molecule has 1 fully saturated rings. The third-order valence-corrected chi connectivity index (χ3v) is 5.59. The number of rotatable bonds is 8. The van der Waals surface area contributed by atoms with E-state index in [4.69, 9.17) is 9.47 Å². The van der Waals surface area contributed by atoms with E-state index in [1.807, 2.05) is 37.3 Å². The molecular weight excluding hydrogens is 358 g/mol. The predicted molar refractivity (Wildman–Crippen MR) is 108 cm³/mol. The maximum Gasteiger partial charge on any atom is 0.407 e. The van der Waals surface area contributed by atoms with E-state index in [0.29, 0.717) is 32.4 Å². The number of piperidine rings is 1. The van der Waals surface area contributed by atoms with Crippen LogP contribution in [0.25, 0.3) is 0 Å². The Bertz CT molecular complexity index is 615. The third-order valence-electron chi connectivity index (χ3n) is 5.59. The zero-order valence-corrected chi connectivity index (χ0v) is 17.6. The van der Waals surface area contributed by atoms with Gasteiger partial charge in [-0.3, -0.25) is 0 Å². The van der Waals surface area contributed by atoms with Crippen molar-refractivity contribution in [1.82, 2.24) is 4.90 Å². The van der Waals surface area contributed by atoms with Gasteiger partial charge in [-0.25, -0.2) is 4.79 Å². The second-order valence-electron chi connectivity index (χ2n) is 9.08. The van der Waals surface area contributed by atoms with Crippen LogP contribution in [-0.4, -0.2) is 52.8 Å². The maximum atomic E-state index is 11.7. The highest BCUT2D eigenvalue weighted by Crippen LogP contribution is 2.41. The van der Waals surface area contributed by atoms with E-state index >= 15 is 0 Å². The van der Waals surface area contributed by atoms with Crippen LogP contribution in [0, 0.1) is 11.3 Å². The van der Waals surface area contributed by atoms with Crippen LogP contribution in [0.5, 0.6) is 0 Å². The number of likely N-dealkylation sites (tertiary alicyclic amines) is 1. The molecule has 0 spiro atoms. The van der Waals surface area contributed by atoms with Crippen molar-refractivity contribution in [3.8, 4) is 0 Å². The molecule has 1 aromatic carbocycles. The fourth-order valence-electron chi connectivity index (χ4n) is 4.02. The topological polar surface area (TPSA) is 79.2 Å². The molecule has 6 heteroatoms. The molecule has 1 aliphatic heterocycles. The number of hydrogen-bond acceptors (Lipinski definition) is 4. The summed E-state index contributed by atoms with van der Waals surface area (Å²) >= 11 is 0. The summed E-state index contributed by atoms with van der Waals surface area (Å²) in [5.41, 5.74) is 0.376. The van der Waals surface area contributed by atoms with Gasteiger partial charge in [-0.2, -0.15) is 0 Å². The number of ether oxygens (including phenoxy) is 2. The van der Waals surface area contributed by atoms with Gasteiger partial charge in [0.1, 0.15) is 6.79 Å². The fourth-order valence-corrected chi connectivity index (χ4v) is 4.02. The molecule has 0 bridgehead atoms. The first kappa shape index (κ1) is 22.7. The van der Waals surface area contributed by atoms with Gasteiger partial charge in [-0.1, -0.05) is 58.0 Å². The van der Waals surface area contributed by atoms with Crippen LogP contribution >= 0.6 is 0 Å². The smallest absolute Gasteiger partial charge is 0.407 e. The summed E-state index contributed by atoms with van der Waals surface area (Å²) in [6.45, 7) is 9.30. The summed E-state index contributed by atoms with van der Waals surface area (Å²) in [6.07, 6.45) is 0.995. The van der Waals surface area contributed by atoms with Crippen molar-refractivity contribution in [2.24, 2.45) is 11.3 Å². The minimum absolute atomic E-state index is 0.0751. The van der Waals surface area contributed by atoms with E-state index in [2.05, 4.69) is 20.8 Å². The Hall–Kier alpha value is -1.63. The van der Waals surface area contributed by atoms with Gasteiger partial charge < -0.3 is 24.6 Å². The summed E-state index contributed by atoms with van der Waals surface area (Å²) in [7, 11) is 0. The Morgan fingerprint density at radius 1 is 1.32 bits per heavy atom. The summed E-state index contributed by atoms with van der Waals surface area (Å²) in [5, 5.41) is 19.2. The lowest BCUT2D eigenvalue weighted by Gasteiger charge is -2.50. The molecule has 1 aromatic rings. The molecule has 158 valence electrons. The van der Waals surface area contributed by atoms with E-state index in [9.17, 15) is 15.0 Å². The van der Waals surface area contributed by atoms with Crippen molar-refractivity contribution in [1.29, 1.82) is 0 Å². The normalized spacial score (nSPS) is 24.2. The highest BCUT2D eigenvalue weighted by molar-refractivity contribution is 5.65. The average Bonchev–Trinajstić information content (AvgIpc) is 2.65. The summed E-state index contributed by atoms with van der Waals surface area (Å²) in [4.78, 5) is 13.3. The molecule has 0 aromatic heterocycles. The second-order valence-corrected chi connectivity index (χ2v) is 9.08. The molecular formula is C22H35NO5. The molecule has 28 heavy (non-hydrogen) atoms. The Morgan fingerprint density at radius 2 is 2.00 bits per heavy atom. The van der Waals surface area contributed by atoms with Crippen LogP contribution in [0.2, 0.25) is 0 Å². The molecule has 2 N–H and O–H groups in total. The summed E-state index contributed by atoms with van der Waals surface area (Å²) < 4.78 is 12.0. The Labute approximate surface area is 168 Å². The monoisotopic (exact) mass is 393 g/mol. The first-order valence-electron chi connectivity index (χ1n) is 10.0. The fraction of sp³-hybridized carbons (Fsp3) is 0.682. The van der Waals surface area contributed by atoms with Crippen LogP contribution in [0.15, 0.2) is 30.3 Å². The SMILES string of the molecule is CC(CO)CC1(OCOCc2ccccc2)CCN(C(=O)O)C(C(C)(C)C)C1. The first-order chi connectivity index (χ1) is 13.2. The molecule has 0 aliphatic carbocycles. The van der Waals surface area contributed by atoms with Crippen molar-refractivity contribution in [3.05, 3.63) is 35.9 Å². The lowest BCUT2D eigenvalue weighted by molar-refractivity contribution is -0.184. The lowest BCUT2D eigenvalue weighted by Crippen LogP contribution is -2.58.